The third-order valence-corrected chi connectivity index (χ3v) is 7.46. The summed E-state index contributed by atoms with van der Waals surface area (Å²) in [4.78, 5) is 13.5. The van der Waals surface area contributed by atoms with Gasteiger partial charge in [0.2, 0.25) is 0 Å². The monoisotopic (exact) mass is 439 g/mol. The average Bonchev–Trinajstić information content (AvgIpc) is 2.74. The SMILES string of the molecule is Cc1ccc(/C=C/S(=O)(=O)c2ccccc2)c(C(=O)N=S(C)(=O)c2ccccc2)c1. The maximum Gasteiger partial charge on any atom is 0.285 e. The molecule has 0 saturated heterocycles. The van der Waals surface area contributed by atoms with Gasteiger partial charge in [-0.15, -0.1) is 0 Å². The van der Waals surface area contributed by atoms with Gasteiger partial charge in [-0.3, -0.25) is 4.79 Å². The summed E-state index contributed by atoms with van der Waals surface area (Å²) in [6.07, 6.45) is 2.77. The van der Waals surface area contributed by atoms with Crippen molar-refractivity contribution >= 4 is 31.5 Å². The zero-order chi connectivity index (χ0) is 21.8. The summed E-state index contributed by atoms with van der Waals surface area (Å²) in [5, 5.41) is 1.06. The highest BCUT2D eigenvalue weighted by Crippen LogP contribution is 2.20. The minimum Gasteiger partial charge on any atom is -0.266 e. The summed E-state index contributed by atoms with van der Waals surface area (Å²) >= 11 is 0. The normalized spacial score (nSPS) is 13.7. The van der Waals surface area contributed by atoms with Gasteiger partial charge in [0.25, 0.3) is 5.91 Å². The molecule has 1 unspecified atom stereocenters. The molecule has 3 aromatic rings. The number of sulfone groups is 1. The fraction of sp³-hybridized carbons (Fsp3) is 0.0870. The average molecular weight is 440 g/mol. The van der Waals surface area contributed by atoms with Crippen molar-refractivity contribution in [2.75, 3.05) is 6.26 Å². The number of hydrogen-bond acceptors (Lipinski definition) is 4. The summed E-state index contributed by atoms with van der Waals surface area (Å²) in [6.45, 7) is 1.81. The van der Waals surface area contributed by atoms with Gasteiger partial charge in [-0.25, -0.2) is 12.6 Å². The van der Waals surface area contributed by atoms with E-state index < -0.39 is 25.5 Å². The maximum atomic E-state index is 13.0. The van der Waals surface area contributed by atoms with Crippen LogP contribution in [0.1, 0.15) is 21.5 Å². The van der Waals surface area contributed by atoms with Crippen LogP contribution in [0.3, 0.4) is 0 Å². The molecule has 154 valence electrons. The number of hydrogen-bond donors (Lipinski definition) is 0. The molecular formula is C23H21NO4S2. The third-order valence-electron chi connectivity index (χ3n) is 4.38. The first-order valence-electron chi connectivity index (χ1n) is 9.09. The summed E-state index contributed by atoms with van der Waals surface area (Å²) in [5.41, 5.74) is 1.39. The first-order valence-corrected chi connectivity index (χ1v) is 12.6. The number of aryl methyl sites for hydroxylation is 1. The lowest BCUT2D eigenvalue weighted by Gasteiger charge is -2.07. The number of amides is 1. The minimum absolute atomic E-state index is 0.159. The van der Waals surface area contributed by atoms with E-state index in [0.29, 0.717) is 10.5 Å². The lowest BCUT2D eigenvalue weighted by Crippen LogP contribution is -2.06. The third kappa shape index (κ3) is 5.11. The highest BCUT2D eigenvalue weighted by molar-refractivity contribution is 7.94. The van der Waals surface area contributed by atoms with Crippen LogP contribution in [-0.2, 0) is 19.6 Å². The molecule has 1 amide bonds. The van der Waals surface area contributed by atoms with Gasteiger partial charge < -0.3 is 0 Å². The van der Waals surface area contributed by atoms with E-state index in [2.05, 4.69) is 4.36 Å². The molecule has 0 heterocycles. The second-order valence-corrected chi connectivity index (χ2v) is 10.9. The highest BCUT2D eigenvalue weighted by atomic mass is 32.2. The Morgan fingerprint density at radius 3 is 2.00 bits per heavy atom. The van der Waals surface area contributed by atoms with E-state index >= 15 is 0 Å². The van der Waals surface area contributed by atoms with E-state index in [1.54, 1.807) is 66.7 Å². The summed E-state index contributed by atoms with van der Waals surface area (Å²) in [7, 11) is -6.61. The molecule has 5 nitrogen and oxygen atoms in total. The van der Waals surface area contributed by atoms with E-state index in [1.165, 1.54) is 24.5 Å². The molecule has 0 spiro atoms. The summed E-state index contributed by atoms with van der Waals surface area (Å²) in [5.74, 6) is -0.660. The second kappa shape index (κ2) is 8.77. The van der Waals surface area contributed by atoms with Gasteiger partial charge in [-0.05, 0) is 48.9 Å². The van der Waals surface area contributed by atoms with Crippen molar-refractivity contribution in [2.24, 2.45) is 4.36 Å². The van der Waals surface area contributed by atoms with Crippen molar-refractivity contribution in [3.05, 3.63) is 101 Å². The van der Waals surface area contributed by atoms with Crippen LogP contribution in [0, 0.1) is 6.92 Å². The number of benzene rings is 3. The number of carbonyl (C=O) groups is 1. The molecule has 0 aromatic heterocycles. The van der Waals surface area contributed by atoms with Gasteiger partial charge >= 0.3 is 0 Å². The van der Waals surface area contributed by atoms with Crippen LogP contribution in [0.5, 0.6) is 0 Å². The van der Waals surface area contributed by atoms with Gasteiger partial charge in [0.15, 0.2) is 9.84 Å². The Kier molecular flexibility index (Phi) is 6.34. The van der Waals surface area contributed by atoms with E-state index in [0.717, 1.165) is 11.0 Å². The van der Waals surface area contributed by atoms with Crippen LogP contribution in [0.4, 0.5) is 0 Å². The van der Waals surface area contributed by atoms with E-state index in [1.807, 2.05) is 6.92 Å². The van der Waals surface area contributed by atoms with Crippen LogP contribution in [0.15, 0.2) is 98.4 Å². The molecule has 0 fully saturated rings. The predicted molar refractivity (Wildman–Crippen MR) is 119 cm³/mol. The molecule has 3 aromatic carbocycles. The fourth-order valence-electron chi connectivity index (χ4n) is 2.79. The predicted octanol–water partition coefficient (Wildman–Crippen LogP) is 4.74. The Hall–Kier alpha value is -3.03. The molecule has 30 heavy (non-hydrogen) atoms. The van der Waals surface area contributed by atoms with Gasteiger partial charge in [0.1, 0.15) is 0 Å². The van der Waals surface area contributed by atoms with Crippen LogP contribution in [0.25, 0.3) is 6.08 Å². The second-order valence-electron chi connectivity index (χ2n) is 6.76. The van der Waals surface area contributed by atoms with Crippen LogP contribution >= 0.6 is 0 Å². The van der Waals surface area contributed by atoms with Gasteiger partial charge in [0.05, 0.1) is 14.6 Å². The zero-order valence-electron chi connectivity index (χ0n) is 16.6. The van der Waals surface area contributed by atoms with Crippen molar-refractivity contribution < 1.29 is 17.4 Å². The zero-order valence-corrected chi connectivity index (χ0v) is 18.2. The molecule has 0 radical (unpaired) electrons. The number of carbonyl (C=O) groups excluding carboxylic acids is 1. The van der Waals surface area contributed by atoms with Crippen LogP contribution < -0.4 is 0 Å². The van der Waals surface area contributed by atoms with Crippen LogP contribution in [0.2, 0.25) is 0 Å². The van der Waals surface area contributed by atoms with E-state index in [4.69, 9.17) is 0 Å². The maximum absolute atomic E-state index is 13.0. The van der Waals surface area contributed by atoms with Crippen molar-refractivity contribution in [2.45, 2.75) is 16.7 Å². The van der Waals surface area contributed by atoms with Gasteiger partial charge in [-0.1, -0.05) is 54.1 Å². The summed E-state index contributed by atoms with van der Waals surface area (Å²) < 4.78 is 42.0. The Morgan fingerprint density at radius 1 is 0.833 bits per heavy atom. The standard InChI is InChI=1S/C23H21NO4S2/c1-18-13-14-19(15-16-30(27,28)21-11-7-4-8-12-21)22(17-18)23(25)24-29(2,26)20-9-5-3-6-10-20/h3-17H,1-2H3/b16-15+. The van der Waals surface area contributed by atoms with Crippen LogP contribution in [-0.4, -0.2) is 24.8 Å². The largest absolute Gasteiger partial charge is 0.285 e. The van der Waals surface area contributed by atoms with Crippen molar-refractivity contribution in [1.29, 1.82) is 0 Å². The quantitative estimate of drug-likeness (QED) is 0.575. The minimum atomic E-state index is -3.67. The topological polar surface area (TPSA) is 80.6 Å². The van der Waals surface area contributed by atoms with Crippen molar-refractivity contribution in [3.8, 4) is 0 Å². The molecule has 0 aliphatic heterocycles. The van der Waals surface area contributed by atoms with Crippen molar-refractivity contribution in [3.63, 3.8) is 0 Å². The molecule has 0 aliphatic rings. The molecule has 7 heteroatoms. The molecular weight excluding hydrogens is 418 g/mol. The molecule has 0 saturated carbocycles. The molecule has 3 rings (SSSR count). The van der Waals surface area contributed by atoms with Crippen molar-refractivity contribution in [1.82, 2.24) is 0 Å². The number of nitrogens with zero attached hydrogens (tertiary/aromatic N) is 1. The Bertz CT molecular complexity index is 1320. The highest BCUT2D eigenvalue weighted by Gasteiger charge is 2.15. The fourth-order valence-corrected chi connectivity index (χ4v) is 4.99. The first kappa shape index (κ1) is 21.7. The Morgan fingerprint density at radius 2 is 1.40 bits per heavy atom. The first-order chi connectivity index (χ1) is 14.2. The lowest BCUT2D eigenvalue weighted by molar-refractivity contribution is 0.100. The smallest absolute Gasteiger partial charge is 0.266 e. The van der Waals surface area contributed by atoms with E-state index in [-0.39, 0.29) is 10.5 Å². The van der Waals surface area contributed by atoms with Gasteiger partial charge in [-0.2, -0.15) is 4.36 Å². The molecule has 0 bridgehead atoms. The van der Waals surface area contributed by atoms with E-state index in [9.17, 15) is 17.4 Å². The lowest BCUT2D eigenvalue weighted by atomic mass is 10.0. The Labute approximate surface area is 177 Å². The number of rotatable bonds is 5. The van der Waals surface area contributed by atoms with Gasteiger partial charge in [0, 0.05) is 22.1 Å². The summed E-state index contributed by atoms with van der Waals surface area (Å²) in [6, 6.07) is 21.6. The molecule has 1 atom stereocenters. The molecule has 0 aliphatic carbocycles. The molecule has 0 N–H and O–H groups in total. The Balaban J connectivity index is 2.01.